The lowest BCUT2D eigenvalue weighted by molar-refractivity contribution is 0.101. The average molecular weight is 414 g/mol. The number of hydrogen-bond donors (Lipinski definition) is 2. The van der Waals surface area contributed by atoms with E-state index in [-0.39, 0.29) is 21.8 Å². The molecule has 1 heterocycles. The van der Waals surface area contributed by atoms with Crippen molar-refractivity contribution in [3.63, 3.8) is 0 Å². The lowest BCUT2D eigenvalue weighted by Gasteiger charge is -2.15. The maximum atomic E-state index is 13.4. The number of anilines is 1. The van der Waals surface area contributed by atoms with Crippen LogP contribution in [0.25, 0.3) is 0 Å². The minimum absolute atomic E-state index is 0.0573. The third kappa shape index (κ3) is 4.71. The van der Waals surface area contributed by atoms with Gasteiger partial charge in [-0.1, -0.05) is 0 Å². The molecule has 2 N–H and O–H groups in total. The molecule has 2 rings (SSSR count). The molecular weight excluding hydrogens is 397 g/mol. The fourth-order valence-corrected chi connectivity index (χ4v) is 3.65. The molecule has 0 radical (unpaired) electrons. The highest BCUT2D eigenvalue weighted by molar-refractivity contribution is 7.89. The van der Waals surface area contributed by atoms with Crippen LogP contribution in [0, 0.1) is 17.1 Å². The maximum absolute atomic E-state index is 13.4. The van der Waals surface area contributed by atoms with Crippen LogP contribution in [0.1, 0.15) is 23.0 Å². The predicted octanol–water partition coefficient (Wildman–Crippen LogP) is 2.26. The molecule has 11 heteroatoms. The van der Waals surface area contributed by atoms with E-state index in [4.69, 9.17) is 5.26 Å². The normalized spacial score (nSPS) is 13.6. The van der Waals surface area contributed by atoms with Gasteiger partial charge in [-0.15, -0.1) is 0 Å². The fraction of sp³-hybridized carbons (Fsp3) is 0.294. The predicted molar refractivity (Wildman–Crippen MR) is 95.1 cm³/mol. The largest absolute Gasteiger partial charge is 0.345 e. The summed E-state index contributed by atoms with van der Waals surface area (Å²) >= 11 is 0. The Kier molecular flexibility index (Phi) is 6.48. The molecule has 1 aromatic heterocycles. The van der Waals surface area contributed by atoms with Crippen LogP contribution in [0.2, 0.25) is 0 Å². The van der Waals surface area contributed by atoms with Gasteiger partial charge in [0.25, 0.3) is 5.91 Å². The first kappa shape index (κ1) is 21.5. The van der Waals surface area contributed by atoms with Crippen molar-refractivity contribution >= 4 is 21.6 Å². The van der Waals surface area contributed by atoms with Crippen LogP contribution in [0.4, 0.5) is 18.9 Å². The van der Waals surface area contributed by atoms with Crippen molar-refractivity contribution in [1.29, 1.82) is 5.26 Å². The Balaban J connectivity index is 2.23. The van der Waals surface area contributed by atoms with E-state index in [0.29, 0.717) is 0 Å². The number of sulfonamides is 1. The van der Waals surface area contributed by atoms with Crippen molar-refractivity contribution < 1.29 is 26.4 Å². The van der Waals surface area contributed by atoms with Crippen LogP contribution < -0.4 is 10.0 Å². The summed E-state index contributed by atoms with van der Waals surface area (Å²) in [5, 5.41) is 11.3. The molecule has 2 atom stereocenters. The molecular formula is C17H17F3N4O3S. The smallest absolute Gasteiger partial charge is 0.272 e. The standard InChI is InChI=1S/C17H17F3N4O3S/c1-10(15(20)7-18)23-28(26,27)13-6-16(24(2)9-13)17(25)22-12-3-4-14(19)11(5-12)8-21/h3-6,9-10,15,23H,7H2,1-2H3,(H,22,25)/t10-,15?/m1/s1. The van der Waals surface area contributed by atoms with Gasteiger partial charge < -0.3 is 9.88 Å². The van der Waals surface area contributed by atoms with Crippen molar-refractivity contribution in [3.8, 4) is 6.07 Å². The molecule has 0 aliphatic heterocycles. The van der Waals surface area contributed by atoms with E-state index < -0.39 is 40.6 Å². The molecule has 0 aliphatic carbocycles. The Morgan fingerprint density at radius 1 is 1.36 bits per heavy atom. The number of nitriles is 1. The van der Waals surface area contributed by atoms with E-state index >= 15 is 0 Å². The lowest BCUT2D eigenvalue weighted by Crippen LogP contribution is -2.39. The van der Waals surface area contributed by atoms with E-state index in [1.54, 1.807) is 6.07 Å². The summed E-state index contributed by atoms with van der Waals surface area (Å²) in [4.78, 5) is 12.1. The molecule has 0 saturated heterocycles. The van der Waals surface area contributed by atoms with Gasteiger partial charge >= 0.3 is 0 Å². The number of halogens is 3. The lowest BCUT2D eigenvalue weighted by atomic mass is 10.2. The topological polar surface area (TPSA) is 104 Å². The number of aryl methyl sites for hydroxylation is 1. The van der Waals surface area contributed by atoms with Crippen LogP contribution in [-0.4, -0.2) is 37.8 Å². The number of carbonyl (C=O) groups excluding carboxylic acids is 1. The zero-order chi connectivity index (χ0) is 21.1. The molecule has 1 amide bonds. The minimum atomic E-state index is -4.19. The zero-order valence-corrected chi connectivity index (χ0v) is 15.7. The van der Waals surface area contributed by atoms with Crippen molar-refractivity contribution in [2.45, 2.75) is 24.0 Å². The van der Waals surface area contributed by atoms with Crippen LogP contribution in [0.15, 0.2) is 35.4 Å². The van der Waals surface area contributed by atoms with Gasteiger partial charge in [0.15, 0.2) is 0 Å². The molecule has 0 bridgehead atoms. The molecule has 1 unspecified atom stereocenters. The number of alkyl halides is 2. The summed E-state index contributed by atoms with van der Waals surface area (Å²) in [5.74, 6) is -1.45. The summed E-state index contributed by atoms with van der Waals surface area (Å²) in [6.07, 6.45) is -0.869. The Morgan fingerprint density at radius 2 is 2.04 bits per heavy atom. The second-order valence-electron chi connectivity index (χ2n) is 6.01. The molecule has 0 fully saturated rings. The number of aromatic nitrogens is 1. The number of hydrogen-bond acceptors (Lipinski definition) is 4. The SMILES string of the molecule is C[C@@H](NS(=O)(=O)c1cc(C(=O)Nc2ccc(F)c(C#N)c2)n(C)c1)C(F)CF. The number of amides is 1. The number of benzene rings is 1. The Labute approximate surface area is 159 Å². The third-order valence-corrected chi connectivity index (χ3v) is 5.42. The van der Waals surface area contributed by atoms with E-state index in [0.717, 1.165) is 24.4 Å². The molecule has 7 nitrogen and oxygen atoms in total. The number of nitrogens with zero attached hydrogens (tertiary/aromatic N) is 2. The number of carbonyl (C=O) groups is 1. The van der Waals surface area contributed by atoms with Crippen LogP contribution in [0.5, 0.6) is 0 Å². The summed E-state index contributed by atoms with van der Waals surface area (Å²) in [6, 6.07) is 4.79. The van der Waals surface area contributed by atoms with Gasteiger partial charge in [0.05, 0.1) is 11.6 Å². The zero-order valence-electron chi connectivity index (χ0n) is 14.9. The van der Waals surface area contributed by atoms with Crippen LogP contribution >= 0.6 is 0 Å². The minimum Gasteiger partial charge on any atom is -0.345 e. The summed E-state index contributed by atoms with van der Waals surface area (Å²) in [5.41, 5.74) is -0.179. The first-order chi connectivity index (χ1) is 13.1. The quantitative estimate of drug-likeness (QED) is 0.725. The van der Waals surface area contributed by atoms with Crippen molar-refractivity contribution in [1.82, 2.24) is 9.29 Å². The van der Waals surface area contributed by atoms with Gasteiger partial charge in [-0.3, -0.25) is 4.79 Å². The van der Waals surface area contributed by atoms with Crippen LogP contribution in [0.3, 0.4) is 0 Å². The van der Waals surface area contributed by atoms with Gasteiger partial charge in [0.1, 0.15) is 35.3 Å². The van der Waals surface area contributed by atoms with Crippen molar-refractivity contribution in [2.75, 3.05) is 12.0 Å². The van der Waals surface area contributed by atoms with Gasteiger partial charge in [0, 0.05) is 18.9 Å². The first-order valence-electron chi connectivity index (χ1n) is 7.98. The van der Waals surface area contributed by atoms with Crippen molar-refractivity contribution in [2.24, 2.45) is 7.05 Å². The first-order valence-corrected chi connectivity index (χ1v) is 9.47. The molecule has 150 valence electrons. The Hall–Kier alpha value is -2.84. The average Bonchev–Trinajstić information content (AvgIpc) is 3.05. The summed E-state index contributed by atoms with van der Waals surface area (Å²) in [6.45, 7) is -0.159. The van der Waals surface area contributed by atoms with Gasteiger partial charge in [0.2, 0.25) is 10.0 Å². The highest BCUT2D eigenvalue weighted by atomic mass is 32.2. The van der Waals surface area contributed by atoms with Gasteiger partial charge in [-0.2, -0.15) is 5.26 Å². The highest BCUT2D eigenvalue weighted by Crippen LogP contribution is 2.18. The number of rotatable bonds is 7. The van der Waals surface area contributed by atoms with E-state index in [2.05, 4.69) is 5.32 Å². The molecule has 0 aliphatic rings. The van der Waals surface area contributed by atoms with Crippen molar-refractivity contribution in [3.05, 3.63) is 47.5 Å². The third-order valence-electron chi connectivity index (χ3n) is 3.90. The monoisotopic (exact) mass is 414 g/mol. The highest BCUT2D eigenvalue weighted by Gasteiger charge is 2.26. The Morgan fingerprint density at radius 3 is 2.64 bits per heavy atom. The van der Waals surface area contributed by atoms with E-state index in [1.165, 1.54) is 24.6 Å². The summed E-state index contributed by atoms with van der Waals surface area (Å²) < 4.78 is 66.9. The number of nitrogens with one attached hydrogen (secondary N) is 2. The van der Waals surface area contributed by atoms with Crippen LogP contribution in [-0.2, 0) is 17.1 Å². The molecule has 28 heavy (non-hydrogen) atoms. The molecule has 1 aromatic carbocycles. The molecule has 0 saturated carbocycles. The molecule has 2 aromatic rings. The second-order valence-corrected chi connectivity index (χ2v) is 7.73. The van der Waals surface area contributed by atoms with E-state index in [9.17, 15) is 26.4 Å². The summed E-state index contributed by atoms with van der Waals surface area (Å²) in [7, 11) is -2.77. The maximum Gasteiger partial charge on any atom is 0.272 e. The Bertz CT molecular complexity index is 1030. The second kappa shape index (κ2) is 8.45. The molecule has 0 spiro atoms. The fourth-order valence-electron chi connectivity index (χ4n) is 2.31. The van der Waals surface area contributed by atoms with Gasteiger partial charge in [-0.05, 0) is 31.2 Å². The van der Waals surface area contributed by atoms with Gasteiger partial charge in [-0.25, -0.2) is 26.3 Å². The van der Waals surface area contributed by atoms with E-state index in [1.807, 2.05) is 4.72 Å².